The molecule has 154 valence electrons. The van der Waals surface area contributed by atoms with E-state index in [1.165, 1.54) is 17.0 Å². The number of benzene rings is 3. The number of anilines is 1. The number of phenols is 1. The number of halogens is 1. The lowest BCUT2D eigenvalue weighted by Gasteiger charge is -2.29. The molecular weight excluding hydrogens is 480 g/mol. The van der Waals surface area contributed by atoms with E-state index in [0.29, 0.717) is 27.2 Å². The Morgan fingerprint density at radius 2 is 1.65 bits per heavy atom. The Balaban J connectivity index is 1.62. The number of rotatable bonds is 4. The zero-order chi connectivity index (χ0) is 22.0. The number of hydrogen-bond donors (Lipinski definition) is 2. The summed E-state index contributed by atoms with van der Waals surface area (Å²) in [5, 5.41) is 12.6. The highest BCUT2D eigenvalue weighted by molar-refractivity contribution is 9.10. The number of nitrogens with zero attached hydrogens (tertiary/aromatic N) is 1. The van der Waals surface area contributed by atoms with E-state index in [0.717, 1.165) is 0 Å². The summed E-state index contributed by atoms with van der Waals surface area (Å²) >= 11 is 8.53. The number of ether oxygens (including phenoxy) is 1. The number of aromatic hydroxyl groups is 1. The number of thiocarbonyl (C=S) groups is 1. The summed E-state index contributed by atoms with van der Waals surface area (Å²) in [6.07, 6.45) is 1.33. The van der Waals surface area contributed by atoms with Crippen molar-refractivity contribution in [1.29, 1.82) is 0 Å². The molecule has 0 bridgehead atoms. The quantitative estimate of drug-likeness (QED) is 0.310. The van der Waals surface area contributed by atoms with Crippen LogP contribution in [0.3, 0.4) is 0 Å². The number of nitrogens with one attached hydrogen (secondary N) is 1. The molecule has 1 saturated heterocycles. The number of hydrogen-bond acceptors (Lipinski definition) is 5. The van der Waals surface area contributed by atoms with Crippen molar-refractivity contribution in [1.82, 2.24) is 5.32 Å². The van der Waals surface area contributed by atoms with Gasteiger partial charge >= 0.3 is 0 Å². The lowest BCUT2D eigenvalue weighted by atomic mass is 10.1. The third-order valence-electron chi connectivity index (χ3n) is 4.46. The van der Waals surface area contributed by atoms with Crippen LogP contribution in [-0.4, -0.2) is 22.0 Å². The summed E-state index contributed by atoms with van der Waals surface area (Å²) in [5.74, 6) is -0.00626. The van der Waals surface area contributed by atoms with Crippen molar-refractivity contribution in [2.75, 3.05) is 4.90 Å². The second-order valence-electron chi connectivity index (χ2n) is 6.57. The molecule has 0 atom stereocenters. The predicted molar refractivity (Wildman–Crippen MR) is 125 cm³/mol. The van der Waals surface area contributed by atoms with Crippen LogP contribution in [0, 0.1) is 0 Å². The van der Waals surface area contributed by atoms with Gasteiger partial charge in [-0.05, 0) is 72.9 Å². The van der Waals surface area contributed by atoms with E-state index in [1.807, 2.05) is 30.3 Å². The van der Waals surface area contributed by atoms with Crippen molar-refractivity contribution in [3.63, 3.8) is 0 Å². The maximum atomic E-state index is 13.1. The maximum Gasteiger partial charge on any atom is 0.270 e. The Hall–Kier alpha value is -3.49. The van der Waals surface area contributed by atoms with Gasteiger partial charge in [-0.25, -0.2) is 0 Å². The number of phenolic OH excluding ortho intramolecular Hbond substituents is 1. The van der Waals surface area contributed by atoms with Crippen LogP contribution in [-0.2, 0) is 9.59 Å². The molecule has 6 nitrogen and oxygen atoms in total. The first-order valence-electron chi connectivity index (χ1n) is 9.15. The van der Waals surface area contributed by atoms with Crippen molar-refractivity contribution in [2.24, 2.45) is 0 Å². The van der Waals surface area contributed by atoms with E-state index < -0.39 is 11.8 Å². The molecule has 0 aliphatic carbocycles. The minimum absolute atomic E-state index is 0.0256. The van der Waals surface area contributed by atoms with Gasteiger partial charge in [0.15, 0.2) is 5.11 Å². The van der Waals surface area contributed by atoms with Crippen molar-refractivity contribution < 1.29 is 19.4 Å². The Morgan fingerprint density at radius 3 is 2.35 bits per heavy atom. The highest BCUT2D eigenvalue weighted by Gasteiger charge is 2.34. The van der Waals surface area contributed by atoms with Crippen molar-refractivity contribution in [2.45, 2.75) is 0 Å². The van der Waals surface area contributed by atoms with Gasteiger partial charge in [0.05, 0.1) is 5.69 Å². The third kappa shape index (κ3) is 4.50. The largest absolute Gasteiger partial charge is 0.507 e. The first-order valence-corrected chi connectivity index (χ1v) is 10.4. The summed E-state index contributed by atoms with van der Waals surface area (Å²) in [4.78, 5) is 26.8. The van der Waals surface area contributed by atoms with E-state index >= 15 is 0 Å². The van der Waals surface area contributed by atoms with E-state index in [2.05, 4.69) is 21.2 Å². The van der Waals surface area contributed by atoms with Gasteiger partial charge in [-0.3, -0.25) is 19.8 Å². The fourth-order valence-corrected chi connectivity index (χ4v) is 3.64. The van der Waals surface area contributed by atoms with Crippen molar-refractivity contribution >= 4 is 56.8 Å². The summed E-state index contributed by atoms with van der Waals surface area (Å²) < 4.78 is 6.46. The van der Waals surface area contributed by atoms with Crippen LogP contribution >= 0.6 is 28.1 Å². The molecule has 1 heterocycles. The zero-order valence-corrected chi connectivity index (χ0v) is 18.3. The summed E-state index contributed by atoms with van der Waals surface area (Å²) in [5.41, 5.74) is 0.652. The predicted octanol–water partition coefficient (Wildman–Crippen LogP) is 4.78. The van der Waals surface area contributed by atoms with E-state index in [-0.39, 0.29) is 16.4 Å². The first kappa shape index (κ1) is 20.8. The normalized spacial score (nSPS) is 15.2. The van der Waals surface area contributed by atoms with Gasteiger partial charge in [-0.1, -0.05) is 34.1 Å². The molecule has 1 fully saturated rings. The Bertz CT molecular complexity index is 1210. The molecule has 0 saturated carbocycles. The van der Waals surface area contributed by atoms with Gasteiger partial charge in [0, 0.05) is 10.0 Å². The van der Waals surface area contributed by atoms with Crippen LogP contribution in [0.25, 0.3) is 6.08 Å². The molecule has 0 unspecified atom stereocenters. The Morgan fingerprint density at radius 1 is 0.968 bits per heavy atom. The summed E-state index contributed by atoms with van der Waals surface area (Å²) in [6, 6.07) is 20.8. The number of amides is 2. The van der Waals surface area contributed by atoms with Gasteiger partial charge in [0.25, 0.3) is 11.8 Å². The van der Waals surface area contributed by atoms with Crippen LogP contribution in [0.15, 0.2) is 82.8 Å². The molecule has 1 aliphatic rings. The second kappa shape index (κ2) is 8.71. The van der Waals surface area contributed by atoms with Gasteiger partial charge in [-0.15, -0.1) is 0 Å². The van der Waals surface area contributed by atoms with Crippen LogP contribution in [0.2, 0.25) is 0 Å². The van der Waals surface area contributed by atoms with Crippen LogP contribution in [0.5, 0.6) is 17.2 Å². The molecule has 4 rings (SSSR count). The SMILES string of the molecule is O=C1NC(=S)N(c2ccc(Oc3ccccc3)cc2)C(=O)/C1=C/c1cc(Br)ccc1O. The highest BCUT2D eigenvalue weighted by atomic mass is 79.9. The smallest absolute Gasteiger partial charge is 0.270 e. The van der Waals surface area contributed by atoms with Gasteiger partial charge < -0.3 is 9.84 Å². The number of para-hydroxylation sites is 1. The van der Waals surface area contributed by atoms with Crippen LogP contribution in [0.4, 0.5) is 5.69 Å². The van der Waals surface area contributed by atoms with Crippen molar-refractivity contribution in [3.8, 4) is 17.2 Å². The molecule has 3 aromatic rings. The zero-order valence-electron chi connectivity index (χ0n) is 15.9. The Kier molecular flexibility index (Phi) is 5.83. The lowest BCUT2D eigenvalue weighted by Crippen LogP contribution is -2.54. The molecule has 31 heavy (non-hydrogen) atoms. The summed E-state index contributed by atoms with van der Waals surface area (Å²) in [6.45, 7) is 0. The van der Waals surface area contributed by atoms with Gasteiger partial charge in [0.1, 0.15) is 22.8 Å². The molecule has 2 N–H and O–H groups in total. The lowest BCUT2D eigenvalue weighted by molar-refractivity contribution is -0.122. The standard InChI is InChI=1S/C23H15BrN2O4S/c24-15-6-11-20(27)14(12-15)13-19-21(28)25-23(31)26(22(19)29)16-7-9-18(10-8-16)30-17-4-2-1-3-5-17/h1-13,27H,(H,25,28,31)/b19-13+. The molecular formula is C23H15BrN2O4S. The number of carbonyl (C=O) groups excluding carboxylic acids is 2. The van der Waals surface area contributed by atoms with Gasteiger partial charge in [-0.2, -0.15) is 0 Å². The fourth-order valence-electron chi connectivity index (χ4n) is 2.98. The topological polar surface area (TPSA) is 78.9 Å². The molecule has 0 aromatic heterocycles. The van der Waals surface area contributed by atoms with Crippen LogP contribution < -0.4 is 15.0 Å². The molecule has 0 radical (unpaired) electrons. The third-order valence-corrected chi connectivity index (χ3v) is 5.24. The fraction of sp³-hybridized carbons (Fsp3) is 0. The monoisotopic (exact) mass is 494 g/mol. The highest BCUT2D eigenvalue weighted by Crippen LogP contribution is 2.29. The summed E-state index contributed by atoms with van der Waals surface area (Å²) in [7, 11) is 0. The van der Waals surface area contributed by atoms with E-state index in [4.69, 9.17) is 17.0 Å². The average molecular weight is 495 g/mol. The van der Waals surface area contributed by atoms with E-state index in [9.17, 15) is 14.7 Å². The van der Waals surface area contributed by atoms with Crippen LogP contribution in [0.1, 0.15) is 5.56 Å². The average Bonchev–Trinajstić information content (AvgIpc) is 2.75. The number of carbonyl (C=O) groups is 2. The minimum Gasteiger partial charge on any atom is -0.507 e. The second-order valence-corrected chi connectivity index (χ2v) is 7.87. The first-order chi connectivity index (χ1) is 14.9. The molecule has 0 spiro atoms. The molecule has 2 amide bonds. The minimum atomic E-state index is -0.630. The molecule has 8 heteroatoms. The van der Waals surface area contributed by atoms with E-state index in [1.54, 1.807) is 36.4 Å². The molecule has 1 aliphatic heterocycles. The van der Waals surface area contributed by atoms with Gasteiger partial charge in [0.2, 0.25) is 0 Å². The molecule has 3 aromatic carbocycles. The Labute approximate surface area is 191 Å². The maximum absolute atomic E-state index is 13.1. The van der Waals surface area contributed by atoms with Crippen molar-refractivity contribution in [3.05, 3.63) is 88.4 Å².